The molecule has 0 spiro atoms. The number of aryl methyl sites for hydroxylation is 1. The number of para-hydroxylation sites is 1. The summed E-state index contributed by atoms with van der Waals surface area (Å²) in [5.74, 6) is -0.521. The fraction of sp³-hybridized carbons (Fsp3) is 0.364. The quantitative estimate of drug-likeness (QED) is 0.747. The second-order valence-electron chi connectivity index (χ2n) is 7.61. The molecule has 0 radical (unpaired) electrons. The lowest BCUT2D eigenvalue weighted by molar-refractivity contribution is -0.131. The smallest absolute Gasteiger partial charge is 0.325 e. The molecule has 158 valence electrons. The van der Waals surface area contributed by atoms with Gasteiger partial charge in [0.05, 0.1) is 5.69 Å². The third-order valence-electron chi connectivity index (χ3n) is 5.71. The Morgan fingerprint density at radius 3 is 2.47 bits per heavy atom. The monoisotopic (exact) mass is 430 g/mol. The summed E-state index contributed by atoms with van der Waals surface area (Å²) in [6, 6.07) is 11.7. The Morgan fingerprint density at radius 1 is 1.00 bits per heavy atom. The molecule has 2 aromatic rings. The van der Waals surface area contributed by atoms with Crippen molar-refractivity contribution in [3.05, 3.63) is 58.9 Å². The Hall–Kier alpha value is -2.80. The van der Waals surface area contributed by atoms with Gasteiger partial charge in [-0.3, -0.25) is 9.69 Å². The number of piperazine rings is 1. The molecule has 0 saturated carbocycles. The Bertz CT molecular complexity index is 962. The summed E-state index contributed by atoms with van der Waals surface area (Å²) in [4.78, 5) is 32.3. The highest BCUT2D eigenvalue weighted by atomic mass is 35.5. The summed E-state index contributed by atoms with van der Waals surface area (Å²) < 4.78 is 14.0. The van der Waals surface area contributed by atoms with Crippen molar-refractivity contribution >= 4 is 34.9 Å². The van der Waals surface area contributed by atoms with Crippen LogP contribution in [0.4, 0.5) is 20.6 Å². The number of nitrogens with zero attached hydrogens (tertiary/aromatic N) is 4. The second-order valence-corrected chi connectivity index (χ2v) is 8.04. The average Bonchev–Trinajstić information content (AvgIpc) is 3.10. The van der Waals surface area contributed by atoms with Gasteiger partial charge in [-0.25, -0.2) is 9.18 Å². The first-order valence-corrected chi connectivity index (χ1v) is 10.4. The number of anilines is 2. The predicted octanol–water partition coefficient (Wildman–Crippen LogP) is 3.38. The van der Waals surface area contributed by atoms with E-state index in [0.717, 1.165) is 11.3 Å². The van der Waals surface area contributed by atoms with E-state index in [-0.39, 0.29) is 24.2 Å². The summed E-state index contributed by atoms with van der Waals surface area (Å²) in [6.45, 7) is 5.43. The first kappa shape index (κ1) is 20.5. The minimum Gasteiger partial charge on any atom is -0.368 e. The number of halogens is 2. The molecular weight excluding hydrogens is 407 g/mol. The normalized spacial score (nSPS) is 17.1. The first-order valence-electron chi connectivity index (χ1n) is 10.0. The summed E-state index contributed by atoms with van der Waals surface area (Å²) in [5, 5.41) is 0.695. The molecule has 3 amide bonds. The topological polar surface area (TPSA) is 47.1 Å². The van der Waals surface area contributed by atoms with Gasteiger partial charge in [0.15, 0.2) is 0 Å². The van der Waals surface area contributed by atoms with Crippen molar-refractivity contribution < 1.29 is 14.0 Å². The van der Waals surface area contributed by atoms with Gasteiger partial charge >= 0.3 is 6.03 Å². The standard InChI is InChI=1S/C22H24ClFN4O2/c1-16-6-7-17(23)14-20(16)25-8-10-26(11-9-25)21(29)15-27-12-13-28(22(27)30)19-5-3-2-4-18(19)24/h2-7,14H,8-13,15H2,1H3. The van der Waals surface area contributed by atoms with E-state index in [1.165, 1.54) is 15.9 Å². The Labute approximate surface area is 180 Å². The van der Waals surface area contributed by atoms with E-state index in [2.05, 4.69) is 4.90 Å². The number of urea groups is 1. The molecule has 2 heterocycles. The molecule has 8 heteroatoms. The Morgan fingerprint density at radius 2 is 1.73 bits per heavy atom. The molecule has 2 saturated heterocycles. The van der Waals surface area contributed by atoms with E-state index in [4.69, 9.17) is 11.6 Å². The van der Waals surface area contributed by atoms with Gasteiger partial charge in [0, 0.05) is 50.0 Å². The maximum atomic E-state index is 14.0. The zero-order valence-corrected chi connectivity index (χ0v) is 17.6. The SMILES string of the molecule is Cc1ccc(Cl)cc1N1CCN(C(=O)CN2CCN(c3ccccc3F)C2=O)CC1. The summed E-state index contributed by atoms with van der Waals surface area (Å²) in [7, 11) is 0. The maximum Gasteiger partial charge on any atom is 0.325 e. The molecule has 0 N–H and O–H groups in total. The van der Waals surface area contributed by atoms with Gasteiger partial charge in [-0.1, -0.05) is 29.8 Å². The van der Waals surface area contributed by atoms with E-state index < -0.39 is 5.82 Å². The number of carbonyl (C=O) groups is 2. The van der Waals surface area contributed by atoms with Crippen LogP contribution in [-0.2, 0) is 4.79 Å². The lowest BCUT2D eigenvalue weighted by Crippen LogP contribution is -2.51. The first-order chi connectivity index (χ1) is 14.4. The Kier molecular flexibility index (Phi) is 5.81. The van der Waals surface area contributed by atoms with Crippen LogP contribution in [0.25, 0.3) is 0 Å². The molecule has 0 bridgehead atoms. The van der Waals surface area contributed by atoms with Gasteiger partial charge < -0.3 is 14.7 Å². The molecule has 0 atom stereocenters. The van der Waals surface area contributed by atoms with Crippen molar-refractivity contribution in [1.82, 2.24) is 9.80 Å². The van der Waals surface area contributed by atoms with Crippen LogP contribution in [0.5, 0.6) is 0 Å². The highest BCUT2D eigenvalue weighted by Gasteiger charge is 2.33. The van der Waals surface area contributed by atoms with Crippen molar-refractivity contribution in [1.29, 1.82) is 0 Å². The molecule has 30 heavy (non-hydrogen) atoms. The highest BCUT2D eigenvalue weighted by molar-refractivity contribution is 6.30. The van der Waals surface area contributed by atoms with Gasteiger partial charge in [-0.05, 0) is 36.8 Å². The molecule has 6 nitrogen and oxygen atoms in total. The molecule has 2 aliphatic rings. The van der Waals surface area contributed by atoms with Crippen LogP contribution in [0.3, 0.4) is 0 Å². The average molecular weight is 431 g/mol. The molecule has 2 fully saturated rings. The number of amides is 3. The van der Waals surface area contributed by atoms with E-state index in [0.29, 0.717) is 44.3 Å². The van der Waals surface area contributed by atoms with Crippen LogP contribution in [0.15, 0.2) is 42.5 Å². The number of benzene rings is 2. The van der Waals surface area contributed by atoms with Crippen LogP contribution in [0, 0.1) is 12.7 Å². The summed E-state index contributed by atoms with van der Waals surface area (Å²) >= 11 is 6.13. The lowest BCUT2D eigenvalue weighted by Gasteiger charge is -2.37. The largest absolute Gasteiger partial charge is 0.368 e. The van der Waals surface area contributed by atoms with Crippen molar-refractivity contribution in [3.8, 4) is 0 Å². The molecule has 0 aliphatic carbocycles. The van der Waals surface area contributed by atoms with Gasteiger partial charge in [0.2, 0.25) is 5.91 Å². The third-order valence-corrected chi connectivity index (χ3v) is 5.94. The fourth-order valence-corrected chi connectivity index (χ4v) is 4.17. The molecule has 2 aromatic carbocycles. The minimum absolute atomic E-state index is 0.0139. The molecule has 0 aromatic heterocycles. The number of carbonyl (C=O) groups excluding carboxylic acids is 2. The zero-order chi connectivity index (χ0) is 21.3. The highest BCUT2D eigenvalue weighted by Crippen LogP contribution is 2.26. The molecule has 4 rings (SSSR count). The predicted molar refractivity (Wildman–Crippen MR) is 116 cm³/mol. The number of rotatable bonds is 4. The minimum atomic E-state index is -0.438. The molecule has 2 aliphatic heterocycles. The maximum absolute atomic E-state index is 14.0. The van der Waals surface area contributed by atoms with Crippen LogP contribution >= 0.6 is 11.6 Å². The summed E-state index contributed by atoms with van der Waals surface area (Å²) in [5.41, 5.74) is 2.49. The van der Waals surface area contributed by atoms with E-state index in [1.54, 1.807) is 23.1 Å². The van der Waals surface area contributed by atoms with Crippen LogP contribution in [-0.4, -0.2) is 67.6 Å². The second kappa shape index (κ2) is 8.52. The fourth-order valence-electron chi connectivity index (χ4n) is 4.01. The van der Waals surface area contributed by atoms with Crippen molar-refractivity contribution in [2.24, 2.45) is 0 Å². The van der Waals surface area contributed by atoms with E-state index in [9.17, 15) is 14.0 Å². The van der Waals surface area contributed by atoms with Crippen LogP contribution < -0.4 is 9.80 Å². The van der Waals surface area contributed by atoms with Gasteiger partial charge in [-0.2, -0.15) is 0 Å². The van der Waals surface area contributed by atoms with Crippen LogP contribution in [0.2, 0.25) is 5.02 Å². The summed E-state index contributed by atoms with van der Waals surface area (Å²) in [6.07, 6.45) is 0. The van der Waals surface area contributed by atoms with Gasteiger partial charge in [-0.15, -0.1) is 0 Å². The number of hydrogen-bond acceptors (Lipinski definition) is 3. The lowest BCUT2D eigenvalue weighted by atomic mass is 10.1. The molecular formula is C22H24ClFN4O2. The van der Waals surface area contributed by atoms with Crippen molar-refractivity contribution in [2.45, 2.75) is 6.92 Å². The van der Waals surface area contributed by atoms with E-state index >= 15 is 0 Å². The van der Waals surface area contributed by atoms with Crippen LogP contribution in [0.1, 0.15) is 5.56 Å². The Balaban J connectivity index is 1.34. The van der Waals surface area contributed by atoms with Gasteiger partial charge in [0.25, 0.3) is 0 Å². The van der Waals surface area contributed by atoms with Gasteiger partial charge in [0.1, 0.15) is 12.4 Å². The molecule has 0 unspecified atom stereocenters. The zero-order valence-electron chi connectivity index (χ0n) is 16.9. The van der Waals surface area contributed by atoms with Crippen molar-refractivity contribution in [2.75, 3.05) is 55.6 Å². The van der Waals surface area contributed by atoms with Crippen molar-refractivity contribution in [3.63, 3.8) is 0 Å². The van der Waals surface area contributed by atoms with E-state index in [1.807, 2.05) is 25.1 Å². The number of hydrogen-bond donors (Lipinski definition) is 0. The third kappa shape index (κ3) is 4.07.